The topological polar surface area (TPSA) is 58.6 Å². The van der Waals surface area contributed by atoms with Crippen molar-refractivity contribution in [2.75, 3.05) is 12.0 Å². The molecule has 8 heteroatoms. The number of methoxy groups -OCH3 is 1. The van der Waals surface area contributed by atoms with Gasteiger partial charge in [-0.3, -0.25) is 19.8 Å². The molecule has 1 heterocycles. The van der Waals surface area contributed by atoms with E-state index in [-0.39, 0.29) is 10.7 Å². The summed E-state index contributed by atoms with van der Waals surface area (Å²) < 4.78 is 6.71. The smallest absolute Gasteiger partial charge is 0.270 e. The Hall–Kier alpha value is -2.03. The van der Waals surface area contributed by atoms with Crippen LogP contribution in [0.15, 0.2) is 57.0 Å². The van der Waals surface area contributed by atoms with E-state index in [1.807, 2.05) is 6.07 Å². The Kier molecular flexibility index (Phi) is 5.55. The highest BCUT2D eigenvalue weighted by Gasteiger charge is 2.34. The SMILES string of the molecule is COc1ccc(/C=C2\C(=O)NC(=S)N(c3cccc(Br)c3)C2=O)cc1Br. The number of hydrogen-bond donors (Lipinski definition) is 1. The molecule has 132 valence electrons. The average molecular weight is 496 g/mol. The van der Waals surface area contributed by atoms with Gasteiger partial charge in [-0.05, 0) is 70.1 Å². The summed E-state index contributed by atoms with van der Waals surface area (Å²) in [5.41, 5.74) is 1.24. The molecule has 2 aromatic carbocycles. The van der Waals surface area contributed by atoms with Crippen LogP contribution in [0.5, 0.6) is 5.75 Å². The summed E-state index contributed by atoms with van der Waals surface area (Å²) in [5.74, 6) is -0.356. The molecule has 2 amide bonds. The fraction of sp³-hybridized carbons (Fsp3) is 0.0556. The Balaban J connectivity index is 2.01. The molecular weight excluding hydrogens is 484 g/mol. The van der Waals surface area contributed by atoms with Gasteiger partial charge in [0, 0.05) is 4.47 Å². The summed E-state index contributed by atoms with van der Waals surface area (Å²) >= 11 is 11.9. The maximum absolute atomic E-state index is 12.9. The van der Waals surface area contributed by atoms with Crippen LogP contribution < -0.4 is 15.0 Å². The largest absolute Gasteiger partial charge is 0.496 e. The van der Waals surface area contributed by atoms with Crippen molar-refractivity contribution in [3.63, 3.8) is 0 Å². The summed E-state index contributed by atoms with van der Waals surface area (Å²) in [5, 5.41) is 2.61. The standard InChI is InChI=1S/C18H12Br2N2O3S/c1-25-15-6-5-10(8-14(15)20)7-13-16(23)21-18(26)22(17(13)24)12-4-2-3-11(19)9-12/h2-9H,1H3,(H,21,23,26)/b13-7+. The Bertz CT molecular complexity index is 959. The molecule has 0 atom stereocenters. The number of carbonyl (C=O) groups excluding carboxylic acids is 2. The second kappa shape index (κ2) is 7.69. The van der Waals surface area contributed by atoms with Crippen LogP contribution in [0.1, 0.15) is 5.56 Å². The van der Waals surface area contributed by atoms with Crippen LogP contribution in [0.25, 0.3) is 6.08 Å². The highest BCUT2D eigenvalue weighted by Crippen LogP contribution is 2.28. The fourth-order valence-electron chi connectivity index (χ4n) is 2.45. The van der Waals surface area contributed by atoms with Gasteiger partial charge in [-0.2, -0.15) is 0 Å². The second-order valence-corrected chi connectivity index (χ2v) is 7.49. The number of hydrogen-bond acceptors (Lipinski definition) is 4. The Morgan fingerprint density at radius 1 is 1.15 bits per heavy atom. The average Bonchev–Trinajstić information content (AvgIpc) is 2.58. The first kappa shape index (κ1) is 18.8. The van der Waals surface area contributed by atoms with Crippen molar-refractivity contribution in [3.8, 4) is 5.75 Å². The number of thiocarbonyl (C=S) groups is 1. The van der Waals surface area contributed by atoms with Crippen molar-refractivity contribution in [1.82, 2.24) is 5.32 Å². The van der Waals surface area contributed by atoms with Gasteiger partial charge in [0.1, 0.15) is 11.3 Å². The fourth-order valence-corrected chi connectivity index (χ4v) is 3.67. The molecule has 26 heavy (non-hydrogen) atoms. The molecule has 1 aliphatic heterocycles. The molecule has 0 bridgehead atoms. The van der Waals surface area contributed by atoms with Crippen molar-refractivity contribution in [2.24, 2.45) is 0 Å². The minimum absolute atomic E-state index is 0.00403. The van der Waals surface area contributed by atoms with Crippen LogP contribution in [-0.4, -0.2) is 24.0 Å². The van der Waals surface area contributed by atoms with Crippen LogP contribution in [0.3, 0.4) is 0 Å². The van der Waals surface area contributed by atoms with E-state index >= 15 is 0 Å². The highest BCUT2D eigenvalue weighted by molar-refractivity contribution is 9.10. The first-order chi connectivity index (χ1) is 12.4. The van der Waals surface area contributed by atoms with Crippen LogP contribution in [0.2, 0.25) is 0 Å². The van der Waals surface area contributed by atoms with Crippen molar-refractivity contribution in [2.45, 2.75) is 0 Å². The van der Waals surface area contributed by atoms with E-state index < -0.39 is 11.8 Å². The third-order valence-electron chi connectivity index (χ3n) is 3.65. The van der Waals surface area contributed by atoms with Crippen molar-refractivity contribution in [3.05, 3.63) is 62.5 Å². The first-order valence-electron chi connectivity index (χ1n) is 7.41. The minimum atomic E-state index is -0.529. The monoisotopic (exact) mass is 494 g/mol. The van der Waals surface area contributed by atoms with Crippen molar-refractivity contribution in [1.29, 1.82) is 0 Å². The maximum atomic E-state index is 12.9. The summed E-state index contributed by atoms with van der Waals surface area (Å²) in [6, 6.07) is 12.4. The number of rotatable bonds is 3. The molecule has 5 nitrogen and oxygen atoms in total. The van der Waals surface area contributed by atoms with Gasteiger partial charge in [0.15, 0.2) is 5.11 Å². The Morgan fingerprint density at radius 3 is 2.58 bits per heavy atom. The van der Waals surface area contributed by atoms with Crippen molar-refractivity contribution >= 4 is 72.8 Å². The lowest BCUT2D eigenvalue weighted by Crippen LogP contribution is -2.54. The Morgan fingerprint density at radius 2 is 1.92 bits per heavy atom. The number of benzene rings is 2. The summed E-state index contributed by atoms with van der Waals surface area (Å²) in [7, 11) is 1.56. The molecule has 0 unspecified atom stereocenters. The number of nitrogens with one attached hydrogen (secondary N) is 1. The third kappa shape index (κ3) is 3.72. The molecule has 2 aromatic rings. The number of carbonyl (C=O) groups is 2. The van der Waals surface area contributed by atoms with Crippen LogP contribution in [0, 0.1) is 0 Å². The molecule has 1 N–H and O–H groups in total. The van der Waals surface area contributed by atoms with E-state index in [1.165, 1.54) is 11.0 Å². The molecular formula is C18H12Br2N2O3S. The predicted octanol–water partition coefficient (Wildman–Crippen LogP) is 4.05. The van der Waals surface area contributed by atoms with Gasteiger partial charge in [-0.15, -0.1) is 0 Å². The predicted molar refractivity (Wildman–Crippen MR) is 111 cm³/mol. The number of ether oxygens (including phenoxy) is 1. The van der Waals surface area contributed by atoms with Gasteiger partial charge >= 0.3 is 0 Å². The van der Waals surface area contributed by atoms with Crippen molar-refractivity contribution < 1.29 is 14.3 Å². The minimum Gasteiger partial charge on any atom is -0.496 e. The second-order valence-electron chi connectivity index (χ2n) is 5.33. The Labute approximate surface area is 172 Å². The lowest BCUT2D eigenvalue weighted by Gasteiger charge is -2.29. The van der Waals surface area contributed by atoms with Gasteiger partial charge in [0.25, 0.3) is 11.8 Å². The molecule has 0 saturated carbocycles. The molecule has 0 spiro atoms. The highest BCUT2D eigenvalue weighted by atomic mass is 79.9. The normalized spacial score (nSPS) is 16.0. The summed E-state index contributed by atoms with van der Waals surface area (Å²) in [6.45, 7) is 0. The van der Waals surface area contributed by atoms with Gasteiger partial charge in [-0.25, -0.2) is 0 Å². The molecule has 1 saturated heterocycles. The van der Waals surface area contributed by atoms with Crippen LogP contribution >= 0.6 is 44.1 Å². The van der Waals surface area contributed by atoms with Gasteiger partial charge in [-0.1, -0.05) is 28.1 Å². The number of nitrogens with zero attached hydrogens (tertiary/aromatic N) is 1. The number of halogens is 2. The van der Waals surface area contributed by atoms with Gasteiger partial charge in [0.2, 0.25) is 0 Å². The van der Waals surface area contributed by atoms with Gasteiger partial charge < -0.3 is 4.74 Å². The van der Waals surface area contributed by atoms with E-state index in [2.05, 4.69) is 37.2 Å². The summed E-state index contributed by atoms with van der Waals surface area (Å²) in [4.78, 5) is 26.5. The molecule has 1 fully saturated rings. The van der Waals surface area contributed by atoms with E-state index in [4.69, 9.17) is 17.0 Å². The zero-order valence-electron chi connectivity index (χ0n) is 13.5. The summed E-state index contributed by atoms with van der Waals surface area (Å²) in [6.07, 6.45) is 1.52. The third-order valence-corrected chi connectivity index (χ3v) is 5.05. The lowest BCUT2D eigenvalue weighted by atomic mass is 10.1. The zero-order chi connectivity index (χ0) is 18.8. The molecule has 1 aliphatic rings. The van der Waals surface area contributed by atoms with E-state index in [9.17, 15) is 9.59 Å². The van der Waals surface area contributed by atoms with E-state index in [0.717, 1.165) is 8.95 Å². The first-order valence-corrected chi connectivity index (χ1v) is 9.40. The lowest BCUT2D eigenvalue weighted by molar-refractivity contribution is -0.122. The molecule has 3 rings (SSSR count). The zero-order valence-corrected chi connectivity index (χ0v) is 17.4. The molecule has 0 radical (unpaired) electrons. The van der Waals surface area contributed by atoms with E-state index in [1.54, 1.807) is 43.5 Å². The number of amides is 2. The molecule has 0 aromatic heterocycles. The van der Waals surface area contributed by atoms with Crippen LogP contribution in [0.4, 0.5) is 5.69 Å². The van der Waals surface area contributed by atoms with Gasteiger partial charge in [0.05, 0.1) is 17.3 Å². The maximum Gasteiger partial charge on any atom is 0.270 e. The molecule has 0 aliphatic carbocycles. The van der Waals surface area contributed by atoms with E-state index in [0.29, 0.717) is 17.0 Å². The quantitative estimate of drug-likeness (QED) is 0.396. The van der Waals surface area contributed by atoms with Crippen LogP contribution in [-0.2, 0) is 9.59 Å². The number of anilines is 1.